The van der Waals surface area contributed by atoms with Crippen molar-refractivity contribution in [3.63, 3.8) is 0 Å². The van der Waals surface area contributed by atoms with Crippen molar-refractivity contribution in [3.8, 4) is 0 Å². The van der Waals surface area contributed by atoms with Gasteiger partial charge in [0, 0.05) is 24.6 Å². The zero-order chi connectivity index (χ0) is 20.6. The van der Waals surface area contributed by atoms with E-state index < -0.39 is 5.89 Å². The fourth-order valence-electron chi connectivity index (χ4n) is 4.25. The van der Waals surface area contributed by atoms with Gasteiger partial charge in [0.15, 0.2) is 5.78 Å². The molecular formula is C26H27NO. The molecule has 0 amide bonds. The van der Waals surface area contributed by atoms with Crippen LogP contribution in [0.4, 0.5) is 0 Å². The summed E-state index contributed by atoms with van der Waals surface area (Å²) >= 11 is 0. The summed E-state index contributed by atoms with van der Waals surface area (Å²) in [6.07, 6.45) is 0. The summed E-state index contributed by atoms with van der Waals surface area (Å²) in [7, 11) is 0. The van der Waals surface area contributed by atoms with Gasteiger partial charge in [0.25, 0.3) is 0 Å². The molecule has 142 valence electrons. The summed E-state index contributed by atoms with van der Waals surface area (Å²) < 4.78 is 9.61. The van der Waals surface area contributed by atoms with Crippen LogP contribution in [-0.2, 0) is 0 Å². The molecule has 2 nitrogen and oxygen atoms in total. The van der Waals surface area contributed by atoms with E-state index in [1.165, 1.54) is 0 Å². The quantitative estimate of drug-likeness (QED) is 0.519. The van der Waals surface area contributed by atoms with E-state index >= 15 is 0 Å². The molecular weight excluding hydrogens is 342 g/mol. The molecule has 0 radical (unpaired) electrons. The van der Waals surface area contributed by atoms with E-state index in [2.05, 4.69) is 25.7 Å². The molecule has 3 aromatic carbocycles. The van der Waals surface area contributed by atoms with Crippen LogP contribution < -0.4 is 0 Å². The van der Waals surface area contributed by atoms with Gasteiger partial charge in [-0.15, -0.1) is 0 Å². The van der Waals surface area contributed by atoms with Crippen molar-refractivity contribution in [2.75, 3.05) is 0 Å². The SMILES string of the molecule is [2H]C1(C(=O)c2ccccc2)C(c2ccccc2)N(C(C)(C)C)[C@H]1c1ccccc1. The Morgan fingerprint density at radius 3 is 1.54 bits per heavy atom. The average molecular weight is 371 g/mol. The van der Waals surface area contributed by atoms with Crippen molar-refractivity contribution in [3.05, 3.63) is 108 Å². The molecule has 0 saturated carbocycles. The van der Waals surface area contributed by atoms with Crippen LogP contribution in [0.15, 0.2) is 91.0 Å². The van der Waals surface area contributed by atoms with Crippen LogP contribution in [0.2, 0.25) is 0 Å². The lowest BCUT2D eigenvalue weighted by Gasteiger charge is -2.60. The summed E-state index contributed by atoms with van der Waals surface area (Å²) in [5.41, 5.74) is 2.41. The zero-order valence-electron chi connectivity index (χ0n) is 17.7. The van der Waals surface area contributed by atoms with Crippen molar-refractivity contribution in [1.29, 1.82) is 0 Å². The lowest BCUT2D eigenvalue weighted by molar-refractivity contribution is -0.104. The lowest BCUT2D eigenvalue weighted by atomic mass is 9.67. The Labute approximate surface area is 169 Å². The van der Waals surface area contributed by atoms with Gasteiger partial charge in [0.2, 0.25) is 0 Å². The topological polar surface area (TPSA) is 20.3 Å². The minimum absolute atomic E-state index is 0.124. The van der Waals surface area contributed by atoms with Gasteiger partial charge >= 0.3 is 0 Å². The smallest absolute Gasteiger partial charge is 0.169 e. The summed E-state index contributed by atoms with van der Waals surface area (Å²) in [5, 5.41) is 0. The number of ketones is 1. The summed E-state index contributed by atoms with van der Waals surface area (Å²) in [5.74, 6) is -1.43. The average Bonchev–Trinajstić information content (AvgIpc) is 2.72. The minimum atomic E-state index is -1.31. The number of benzene rings is 3. The Kier molecular flexibility index (Phi) is 4.58. The number of hydrogen-bond donors (Lipinski definition) is 0. The maximum Gasteiger partial charge on any atom is 0.169 e. The first kappa shape index (κ1) is 17.4. The van der Waals surface area contributed by atoms with E-state index in [1.807, 2.05) is 91.0 Å². The van der Waals surface area contributed by atoms with Crippen LogP contribution in [0.25, 0.3) is 0 Å². The highest BCUT2D eigenvalue weighted by atomic mass is 16.1. The fraction of sp³-hybridized carbons (Fsp3) is 0.269. The second-order valence-corrected chi connectivity index (χ2v) is 8.36. The van der Waals surface area contributed by atoms with Gasteiger partial charge in [-0.3, -0.25) is 9.69 Å². The molecule has 0 aromatic heterocycles. The lowest BCUT2D eigenvalue weighted by Crippen LogP contribution is -2.61. The molecule has 1 aliphatic rings. The predicted molar refractivity (Wildman–Crippen MR) is 114 cm³/mol. The molecule has 0 bridgehead atoms. The molecule has 28 heavy (non-hydrogen) atoms. The Morgan fingerprint density at radius 1 is 0.750 bits per heavy atom. The summed E-state index contributed by atoms with van der Waals surface area (Å²) in [6.45, 7) is 6.47. The van der Waals surface area contributed by atoms with E-state index in [0.29, 0.717) is 5.56 Å². The van der Waals surface area contributed by atoms with Crippen molar-refractivity contribution >= 4 is 5.78 Å². The molecule has 0 aliphatic carbocycles. The minimum Gasteiger partial charge on any atom is -0.294 e. The molecule has 2 heteroatoms. The van der Waals surface area contributed by atoms with Crippen molar-refractivity contribution in [2.45, 2.75) is 38.4 Å². The number of carbonyl (C=O) groups excluding carboxylic acids is 1. The fourth-order valence-corrected chi connectivity index (χ4v) is 4.25. The molecule has 1 heterocycles. The van der Waals surface area contributed by atoms with E-state index in [-0.39, 0.29) is 23.4 Å². The van der Waals surface area contributed by atoms with Gasteiger partial charge in [0.1, 0.15) is 0 Å². The number of nitrogens with zero attached hydrogens (tertiary/aromatic N) is 1. The third-order valence-electron chi connectivity index (χ3n) is 5.45. The molecule has 1 saturated heterocycles. The van der Waals surface area contributed by atoms with Gasteiger partial charge in [-0.25, -0.2) is 0 Å². The molecule has 3 atom stereocenters. The van der Waals surface area contributed by atoms with E-state index in [4.69, 9.17) is 0 Å². The number of rotatable bonds is 4. The number of Topliss-reactive ketones (excluding diaryl/α,β-unsaturated/α-hetero) is 1. The van der Waals surface area contributed by atoms with Gasteiger partial charge in [0.05, 0.1) is 5.89 Å². The first-order chi connectivity index (χ1) is 13.8. The molecule has 1 aliphatic heterocycles. The summed E-state index contributed by atoms with van der Waals surface area (Å²) in [4.78, 5) is 16.1. The van der Waals surface area contributed by atoms with Gasteiger partial charge in [-0.1, -0.05) is 91.0 Å². The first-order valence-corrected chi connectivity index (χ1v) is 9.83. The van der Waals surface area contributed by atoms with Crippen molar-refractivity contribution in [2.24, 2.45) is 5.89 Å². The standard InChI is InChI=1S/C26H27NO/c1-26(2,3)27-23(19-13-7-4-8-14-19)22(24(27)20-15-9-5-10-16-20)25(28)21-17-11-6-12-18-21/h4-18,22-24H,1-3H3/t22?,23-,24?/m0/s1/i22D. The van der Waals surface area contributed by atoms with Crippen LogP contribution in [0, 0.1) is 5.89 Å². The van der Waals surface area contributed by atoms with Crippen molar-refractivity contribution in [1.82, 2.24) is 4.90 Å². The Balaban J connectivity index is 1.91. The number of carbonyl (C=O) groups is 1. The molecule has 2 unspecified atom stereocenters. The maximum atomic E-state index is 13.8. The Hall–Kier alpha value is -2.71. The second-order valence-electron chi connectivity index (χ2n) is 8.36. The van der Waals surface area contributed by atoms with Gasteiger partial charge < -0.3 is 0 Å². The monoisotopic (exact) mass is 370 g/mol. The van der Waals surface area contributed by atoms with E-state index in [9.17, 15) is 6.17 Å². The largest absolute Gasteiger partial charge is 0.294 e. The molecule has 3 aromatic rings. The Morgan fingerprint density at radius 2 is 1.14 bits per heavy atom. The normalized spacial score (nSPS) is 25.6. The van der Waals surface area contributed by atoms with E-state index in [0.717, 1.165) is 11.1 Å². The summed E-state index contributed by atoms with van der Waals surface area (Å²) in [6, 6.07) is 28.7. The first-order valence-electron chi connectivity index (χ1n) is 10.3. The zero-order valence-corrected chi connectivity index (χ0v) is 16.7. The number of hydrogen-bond acceptors (Lipinski definition) is 2. The predicted octanol–water partition coefficient (Wildman–Crippen LogP) is 6.08. The highest BCUT2D eigenvalue weighted by Gasteiger charge is 2.56. The molecule has 1 fully saturated rings. The van der Waals surface area contributed by atoms with Gasteiger partial charge in [-0.2, -0.15) is 0 Å². The number of likely N-dealkylation sites (tertiary alicyclic amines) is 1. The van der Waals surface area contributed by atoms with E-state index in [1.54, 1.807) is 0 Å². The van der Waals surface area contributed by atoms with Crippen LogP contribution in [0.1, 0.15) is 55.7 Å². The van der Waals surface area contributed by atoms with Crippen LogP contribution in [0.5, 0.6) is 0 Å². The molecule has 0 spiro atoms. The van der Waals surface area contributed by atoms with Gasteiger partial charge in [-0.05, 0) is 31.9 Å². The third-order valence-corrected chi connectivity index (χ3v) is 5.45. The molecule has 0 N–H and O–H groups in total. The Bertz CT molecular complexity index is 932. The molecule has 4 rings (SSSR count). The van der Waals surface area contributed by atoms with Crippen LogP contribution >= 0.6 is 0 Å². The van der Waals surface area contributed by atoms with Crippen LogP contribution in [0.3, 0.4) is 0 Å². The maximum absolute atomic E-state index is 13.8. The highest BCUT2D eigenvalue weighted by Crippen LogP contribution is 2.57. The van der Waals surface area contributed by atoms with Crippen molar-refractivity contribution < 1.29 is 6.17 Å². The highest BCUT2D eigenvalue weighted by molar-refractivity contribution is 5.99. The second kappa shape index (κ2) is 7.37. The van der Waals surface area contributed by atoms with Crippen LogP contribution in [-0.4, -0.2) is 16.2 Å². The third kappa shape index (κ3) is 3.29.